The molecule has 2 aliphatic heterocycles. The molecule has 5 nitrogen and oxygen atoms in total. The van der Waals surface area contributed by atoms with Gasteiger partial charge in [-0.15, -0.1) is 0 Å². The van der Waals surface area contributed by atoms with Gasteiger partial charge in [-0.2, -0.15) is 0 Å². The van der Waals surface area contributed by atoms with Crippen molar-refractivity contribution in [1.82, 2.24) is 10.2 Å². The predicted molar refractivity (Wildman–Crippen MR) is 71.2 cm³/mol. The summed E-state index contributed by atoms with van der Waals surface area (Å²) in [6.45, 7) is 4.03. The lowest BCUT2D eigenvalue weighted by Crippen LogP contribution is -2.46. The second-order valence-electron chi connectivity index (χ2n) is 4.52. The zero-order valence-corrected chi connectivity index (χ0v) is 11.2. The van der Waals surface area contributed by atoms with Crippen LogP contribution in [0.2, 0.25) is 5.02 Å². The van der Waals surface area contributed by atoms with E-state index in [0.29, 0.717) is 48.4 Å². The van der Waals surface area contributed by atoms with E-state index in [2.05, 4.69) is 5.32 Å². The van der Waals surface area contributed by atoms with Gasteiger partial charge in [0, 0.05) is 32.2 Å². The van der Waals surface area contributed by atoms with Gasteiger partial charge in [-0.1, -0.05) is 11.6 Å². The Bertz CT molecular complexity index is 501. The number of ether oxygens (including phenoxy) is 2. The topological polar surface area (TPSA) is 50.8 Å². The van der Waals surface area contributed by atoms with Crippen LogP contribution in [-0.2, 0) is 0 Å². The fraction of sp³-hybridized carbons (Fsp3) is 0.462. The predicted octanol–water partition coefficient (Wildman–Crippen LogP) is 1.16. The fourth-order valence-corrected chi connectivity index (χ4v) is 2.50. The number of piperazine rings is 1. The van der Waals surface area contributed by atoms with E-state index in [1.54, 1.807) is 17.0 Å². The Morgan fingerprint density at radius 2 is 1.79 bits per heavy atom. The Morgan fingerprint density at radius 3 is 2.47 bits per heavy atom. The third-order valence-electron chi connectivity index (χ3n) is 3.27. The van der Waals surface area contributed by atoms with Crippen LogP contribution in [0.25, 0.3) is 0 Å². The third kappa shape index (κ3) is 2.48. The van der Waals surface area contributed by atoms with Crippen LogP contribution in [-0.4, -0.2) is 50.2 Å². The minimum absolute atomic E-state index is 0.0523. The molecular weight excluding hydrogens is 268 g/mol. The number of hydrogen-bond donors (Lipinski definition) is 1. The molecule has 0 radical (unpaired) electrons. The summed E-state index contributed by atoms with van der Waals surface area (Å²) in [5.74, 6) is 1.14. The number of rotatable bonds is 1. The Labute approximate surface area is 116 Å². The van der Waals surface area contributed by atoms with E-state index >= 15 is 0 Å². The van der Waals surface area contributed by atoms with Crippen molar-refractivity contribution in [1.29, 1.82) is 0 Å². The Morgan fingerprint density at radius 1 is 1.16 bits per heavy atom. The first-order chi connectivity index (χ1) is 9.25. The lowest BCUT2D eigenvalue weighted by molar-refractivity contribution is 0.0735. The van der Waals surface area contributed by atoms with Crippen molar-refractivity contribution in [2.45, 2.75) is 0 Å². The third-order valence-corrected chi connectivity index (χ3v) is 3.58. The van der Waals surface area contributed by atoms with Crippen molar-refractivity contribution in [3.63, 3.8) is 0 Å². The minimum Gasteiger partial charge on any atom is -0.486 e. The maximum absolute atomic E-state index is 12.4. The standard InChI is InChI=1S/C13H15ClN2O3/c14-10-8-12-11(18-5-6-19-12)7-9(10)13(17)16-3-1-15-2-4-16/h7-8,15H,1-6H2. The highest BCUT2D eigenvalue weighted by Gasteiger charge is 2.23. The molecule has 3 rings (SSSR count). The van der Waals surface area contributed by atoms with E-state index in [1.165, 1.54) is 0 Å². The minimum atomic E-state index is -0.0523. The molecule has 0 bridgehead atoms. The van der Waals surface area contributed by atoms with Gasteiger partial charge in [0.2, 0.25) is 0 Å². The maximum Gasteiger partial charge on any atom is 0.255 e. The Balaban J connectivity index is 1.89. The summed E-state index contributed by atoms with van der Waals surface area (Å²) in [5.41, 5.74) is 0.479. The Kier molecular flexibility index (Phi) is 3.48. The molecule has 1 aromatic rings. The second kappa shape index (κ2) is 5.27. The van der Waals surface area contributed by atoms with Gasteiger partial charge >= 0.3 is 0 Å². The average molecular weight is 283 g/mol. The molecule has 2 heterocycles. The molecule has 0 atom stereocenters. The number of benzene rings is 1. The largest absolute Gasteiger partial charge is 0.486 e. The summed E-state index contributed by atoms with van der Waals surface area (Å²) < 4.78 is 10.9. The molecule has 0 aromatic heterocycles. The zero-order valence-electron chi connectivity index (χ0n) is 10.4. The number of halogens is 1. The number of hydrogen-bond acceptors (Lipinski definition) is 4. The number of amides is 1. The quantitative estimate of drug-likeness (QED) is 0.840. The second-order valence-corrected chi connectivity index (χ2v) is 4.93. The summed E-state index contributed by atoms with van der Waals surface area (Å²) in [5, 5.41) is 3.62. The molecule has 102 valence electrons. The summed E-state index contributed by atoms with van der Waals surface area (Å²) in [6, 6.07) is 3.34. The monoisotopic (exact) mass is 282 g/mol. The van der Waals surface area contributed by atoms with Gasteiger partial charge in [-0.05, 0) is 6.07 Å². The summed E-state index contributed by atoms with van der Waals surface area (Å²) in [6.07, 6.45) is 0. The van der Waals surface area contributed by atoms with Gasteiger partial charge in [-0.3, -0.25) is 4.79 Å². The highest BCUT2D eigenvalue weighted by atomic mass is 35.5. The maximum atomic E-state index is 12.4. The summed E-state index contributed by atoms with van der Waals surface area (Å²) in [7, 11) is 0. The van der Waals surface area contributed by atoms with Crippen molar-refractivity contribution >= 4 is 17.5 Å². The molecule has 19 heavy (non-hydrogen) atoms. The summed E-state index contributed by atoms with van der Waals surface area (Å²) >= 11 is 6.18. The smallest absolute Gasteiger partial charge is 0.255 e. The van der Waals surface area contributed by atoms with E-state index in [-0.39, 0.29) is 5.91 Å². The first-order valence-electron chi connectivity index (χ1n) is 6.35. The van der Waals surface area contributed by atoms with Crippen molar-refractivity contribution < 1.29 is 14.3 Å². The normalized spacial score (nSPS) is 18.3. The lowest BCUT2D eigenvalue weighted by Gasteiger charge is -2.28. The van der Waals surface area contributed by atoms with E-state index in [9.17, 15) is 4.79 Å². The molecule has 0 saturated carbocycles. The zero-order chi connectivity index (χ0) is 13.2. The summed E-state index contributed by atoms with van der Waals surface area (Å²) in [4.78, 5) is 14.2. The number of nitrogens with zero attached hydrogens (tertiary/aromatic N) is 1. The van der Waals surface area contributed by atoms with Gasteiger partial charge in [0.1, 0.15) is 13.2 Å². The van der Waals surface area contributed by atoms with Crippen LogP contribution in [0, 0.1) is 0 Å². The van der Waals surface area contributed by atoms with Gasteiger partial charge in [-0.25, -0.2) is 0 Å². The molecule has 0 spiro atoms. The molecule has 1 saturated heterocycles. The molecule has 1 amide bonds. The van der Waals surface area contributed by atoms with Gasteiger partial charge < -0.3 is 19.7 Å². The molecule has 1 aromatic carbocycles. The first-order valence-corrected chi connectivity index (χ1v) is 6.72. The number of carbonyl (C=O) groups excluding carboxylic acids is 1. The van der Waals surface area contributed by atoms with E-state index in [4.69, 9.17) is 21.1 Å². The average Bonchev–Trinajstić information content (AvgIpc) is 2.47. The highest BCUT2D eigenvalue weighted by molar-refractivity contribution is 6.34. The van der Waals surface area contributed by atoms with Crippen LogP contribution in [0.1, 0.15) is 10.4 Å². The highest BCUT2D eigenvalue weighted by Crippen LogP contribution is 2.35. The van der Waals surface area contributed by atoms with Gasteiger partial charge in [0.05, 0.1) is 10.6 Å². The van der Waals surface area contributed by atoms with Crippen LogP contribution >= 0.6 is 11.6 Å². The molecule has 2 aliphatic rings. The molecule has 1 fully saturated rings. The molecule has 0 unspecified atom stereocenters. The van der Waals surface area contributed by atoms with Crippen LogP contribution < -0.4 is 14.8 Å². The molecule has 6 heteroatoms. The van der Waals surface area contributed by atoms with Gasteiger partial charge in [0.15, 0.2) is 11.5 Å². The Hall–Kier alpha value is -1.46. The number of fused-ring (bicyclic) bond motifs is 1. The van der Waals surface area contributed by atoms with Crippen molar-refractivity contribution in [2.24, 2.45) is 0 Å². The lowest BCUT2D eigenvalue weighted by atomic mass is 10.1. The van der Waals surface area contributed by atoms with E-state index < -0.39 is 0 Å². The number of nitrogens with one attached hydrogen (secondary N) is 1. The van der Waals surface area contributed by atoms with E-state index in [0.717, 1.165) is 13.1 Å². The van der Waals surface area contributed by atoms with E-state index in [1.807, 2.05) is 0 Å². The van der Waals surface area contributed by atoms with Crippen molar-refractivity contribution in [3.8, 4) is 11.5 Å². The van der Waals surface area contributed by atoms with Crippen LogP contribution in [0.3, 0.4) is 0 Å². The molecule has 1 N–H and O–H groups in total. The molecular formula is C13H15ClN2O3. The van der Waals surface area contributed by atoms with Crippen molar-refractivity contribution in [3.05, 3.63) is 22.7 Å². The first kappa shape index (κ1) is 12.6. The SMILES string of the molecule is O=C(c1cc2c(cc1Cl)OCCO2)N1CCNCC1. The fourth-order valence-electron chi connectivity index (χ4n) is 2.27. The molecule has 0 aliphatic carbocycles. The van der Waals surface area contributed by atoms with Crippen molar-refractivity contribution in [2.75, 3.05) is 39.4 Å². The van der Waals surface area contributed by atoms with Crippen LogP contribution in [0.4, 0.5) is 0 Å². The van der Waals surface area contributed by atoms with Crippen LogP contribution in [0.5, 0.6) is 11.5 Å². The van der Waals surface area contributed by atoms with Gasteiger partial charge in [0.25, 0.3) is 5.91 Å². The van der Waals surface area contributed by atoms with Crippen LogP contribution in [0.15, 0.2) is 12.1 Å². The number of carbonyl (C=O) groups is 1.